The van der Waals surface area contributed by atoms with Gasteiger partial charge in [0.25, 0.3) is 11.8 Å². The summed E-state index contributed by atoms with van der Waals surface area (Å²) < 4.78 is 4.01. The van der Waals surface area contributed by atoms with Crippen molar-refractivity contribution in [2.24, 2.45) is 0 Å². The Balaban J connectivity index is 0.000000166. The first-order valence-electron chi connectivity index (χ1n) is 21.3. The summed E-state index contributed by atoms with van der Waals surface area (Å²) in [6.45, 7) is 0.866. The van der Waals surface area contributed by atoms with Crippen molar-refractivity contribution < 1.29 is 9.59 Å². The Labute approximate surface area is 391 Å². The van der Waals surface area contributed by atoms with Gasteiger partial charge in [-0.2, -0.15) is 0 Å². The van der Waals surface area contributed by atoms with Gasteiger partial charge in [0, 0.05) is 88.4 Å². The van der Waals surface area contributed by atoms with E-state index in [4.69, 9.17) is 23.2 Å². The zero-order valence-electron chi connectivity index (χ0n) is 35.5. The maximum atomic E-state index is 12.9. The van der Waals surface area contributed by atoms with E-state index < -0.39 is 0 Å². The number of halogens is 2. The molecule has 2 N–H and O–H groups in total. The highest BCUT2D eigenvalue weighted by atomic mass is 35.5. The second kappa shape index (κ2) is 20.3. The first kappa shape index (κ1) is 43.3. The Morgan fingerprint density at radius 2 is 0.970 bits per heavy atom. The first-order chi connectivity index (χ1) is 32.3. The average molecular weight is 906 g/mol. The van der Waals surface area contributed by atoms with E-state index in [1.165, 1.54) is 0 Å². The van der Waals surface area contributed by atoms with Crippen LogP contribution in [-0.4, -0.2) is 54.0 Å². The third-order valence-electron chi connectivity index (χ3n) is 11.4. The topological polar surface area (TPSA) is 120 Å². The number of fused-ring (bicyclic) bond motifs is 2. The number of amides is 2. The number of nitrogens with one attached hydrogen (secondary N) is 2. The third-order valence-corrected chi connectivity index (χ3v) is 11.9. The molecule has 66 heavy (non-hydrogen) atoms. The molecule has 2 atom stereocenters. The van der Waals surface area contributed by atoms with Crippen LogP contribution in [0, 0.1) is 0 Å². The summed E-state index contributed by atoms with van der Waals surface area (Å²) in [6.07, 6.45) is 16.3. The summed E-state index contributed by atoms with van der Waals surface area (Å²) in [6, 6.07) is 48.7. The predicted molar refractivity (Wildman–Crippen MR) is 263 cm³/mol. The molecule has 4 aromatic heterocycles. The van der Waals surface area contributed by atoms with Gasteiger partial charge in [-0.1, -0.05) is 96.0 Å². The summed E-state index contributed by atoms with van der Waals surface area (Å²) in [5, 5.41) is 10.8. The van der Waals surface area contributed by atoms with E-state index >= 15 is 0 Å². The molecule has 10 rings (SSSR count). The van der Waals surface area contributed by atoms with Crippen LogP contribution in [0.15, 0.2) is 208 Å². The van der Waals surface area contributed by atoms with Gasteiger partial charge < -0.3 is 19.8 Å². The van der Waals surface area contributed by atoms with Gasteiger partial charge in [0.15, 0.2) is 0 Å². The minimum Gasteiger partial charge on any atom is -0.350 e. The van der Waals surface area contributed by atoms with Gasteiger partial charge >= 0.3 is 0 Å². The SMILES string of the molecule is O=C(NCC(c1ccc2cnccc2c1)n1ccnc1)c1ccc(-c2ccc(Cl)cc2)cc1.O=C(NCC(c1ccc2ncccc2c1)n1ccnc1)c1ccc(-c2ccc(Cl)cc2)cc1. The van der Waals surface area contributed by atoms with Gasteiger partial charge in [-0.15, -0.1) is 0 Å². The number of nitrogens with zero attached hydrogens (tertiary/aromatic N) is 6. The predicted octanol–water partition coefficient (Wildman–Crippen LogP) is 11.5. The van der Waals surface area contributed by atoms with E-state index in [1.807, 2.05) is 155 Å². The highest BCUT2D eigenvalue weighted by Crippen LogP contribution is 2.26. The van der Waals surface area contributed by atoms with Gasteiger partial charge in [0.05, 0.1) is 30.3 Å². The molecule has 0 aliphatic rings. The number of imidazole rings is 2. The first-order valence-corrected chi connectivity index (χ1v) is 22.0. The number of hydrogen-bond donors (Lipinski definition) is 2. The maximum absolute atomic E-state index is 12.9. The van der Waals surface area contributed by atoms with E-state index in [9.17, 15) is 9.59 Å². The second-order valence-corrected chi connectivity index (χ2v) is 16.5. The fourth-order valence-electron chi connectivity index (χ4n) is 7.80. The molecule has 0 bridgehead atoms. The lowest BCUT2D eigenvalue weighted by molar-refractivity contribution is 0.0941. The molecule has 0 spiro atoms. The number of carbonyl (C=O) groups excluding carboxylic acids is 2. The van der Waals surface area contributed by atoms with Gasteiger partial charge in [0.2, 0.25) is 0 Å². The van der Waals surface area contributed by atoms with Gasteiger partial charge in [-0.05, 0) is 118 Å². The maximum Gasteiger partial charge on any atom is 0.251 e. The smallest absolute Gasteiger partial charge is 0.251 e. The van der Waals surface area contributed by atoms with Crippen molar-refractivity contribution in [3.8, 4) is 22.3 Å². The summed E-state index contributed by atoms with van der Waals surface area (Å²) in [5.74, 6) is -0.238. The third kappa shape index (κ3) is 10.4. The quantitative estimate of drug-likeness (QED) is 0.126. The van der Waals surface area contributed by atoms with E-state index in [0.717, 1.165) is 55.1 Å². The number of aromatic nitrogens is 6. The van der Waals surface area contributed by atoms with Crippen LogP contribution in [0.5, 0.6) is 0 Å². The second-order valence-electron chi connectivity index (χ2n) is 15.6. The van der Waals surface area contributed by atoms with Gasteiger partial charge in [-0.25, -0.2) is 9.97 Å². The molecule has 0 radical (unpaired) electrons. The Kier molecular flexibility index (Phi) is 13.3. The Morgan fingerprint density at radius 3 is 1.47 bits per heavy atom. The average Bonchev–Trinajstić information content (AvgIpc) is 4.11. The number of rotatable bonds is 12. The van der Waals surface area contributed by atoms with Crippen LogP contribution in [0.4, 0.5) is 0 Å². The molecule has 12 heteroatoms. The normalized spacial score (nSPS) is 11.9. The van der Waals surface area contributed by atoms with Crippen molar-refractivity contribution in [1.29, 1.82) is 0 Å². The Morgan fingerprint density at radius 1 is 0.485 bits per heavy atom. The van der Waals surface area contributed by atoms with E-state index in [-0.39, 0.29) is 23.9 Å². The van der Waals surface area contributed by atoms with Crippen LogP contribution in [0.1, 0.15) is 43.9 Å². The van der Waals surface area contributed by atoms with E-state index in [2.05, 4.69) is 54.8 Å². The zero-order chi connectivity index (χ0) is 45.2. The highest BCUT2D eigenvalue weighted by Gasteiger charge is 2.18. The molecular weight excluding hydrogens is 864 g/mol. The van der Waals surface area contributed by atoms with Crippen LogP contribution in [0.25, 0.3) is 43.9 Å². The van der Waals surface area contributed by atoms with E-state index in [0.29, 0.717) is 34.3 Å². The van der Waals surface area contributed by atoms with Crippen LogP contribution < -0.4 is 10.6 Å². The molecule has 4 heterocycles. The van der Waals surface area contributed by atoms with Gasteiger partial charge in [0.1, 0.15) is 0 Å². The molecule has 0 fully saturated rings. The van der Waals surface area contributed by atoms with Crippen LogP contribution in [0.3, 0.4) is 0 Å². The molecule has 0 saturated heterocycles. The van der Waals surface area contributed by atoms with Crippen LogP contribution in [0.2, 0.25) is 10.0 Å². The number of carbonyl (C=O) groups is 2. The van der Waals surface area contributed by atoms with E-state index in [1.54, 1.807) is 37.4 Å². The Hall–Kier alpha value is -7.92. The zero-order valence-corrected chi connectivity index (χ0v) is 37.0. The van der Waals surface area contributed by atoms with Gasteiger partial charge in [-0.3, -0.25) is 19.6 Å². The van der Waals surface area contributed by atoms with Crippen LogP contribution in [-0.2, 0) is 0 Å². The molecule has 0 saturated carbocycles. The van der Waals surface area contributed by atoms with Crippen molar-refractivity contribution >= 4 is 56.7 Å². The number of pyridine rings is 2. The van der Waals surface area contributed by atoms with Crippen molar-refractivity contribution in [1.82, 2.24) is 39.7 Å². The molecule has 6 aromatic carbocycles. The molecule has 10 nitrogen and oxygen atoms in total. The molecular formula is C54H42Cl2N8O2. The largest absolute Gasteiger partial charge is 0.350 e. The highest BCUT2D eigenvalue weighted by molar-refractivity contribution is 6.31. The summed E-state index contributed by atoms with van der Waals surface area (Å²) in [7, 11) is 0. The summed E-state index contributed by atoms with van der Waals surface area (Å²) in [4.78, 5) is 42.7. The fraction of sp³-hybridized carbons (Fsp3) is 0.0741. The lowest BCUT2D eigenvalue weighted by atomic mass is 10.0. The van der Waals surface area contributed by atoms with Crippen LogP contribution >= 0.6 is 23.2 Å². The minimum absolute atomic E-state index is 0.0812. The minimum atomic E-state index is -0.120. The standard InChI is InChI=1S/2C27H21ClN4O/c28-25-9-7-20(8-10-25)19-1-3-21(4-2-19)27(33)31-17-26(32-14-13-30-18-32)23-5-6-24-16-29-12-11-22(24)15-23;28-24-10-7-20(8-11-24)19-3-5-21(6-4-19)27(33)31-17-26(32-15-14-29-18-32)23-9-12-25-22(16-23)2-1-13-30-25/h2*1-16,18,26H,17H2,(H,31,33). The van der Waals surface area contributed by atoms with Crippen molar-refractivity contribution in [2.45, 2.75) is 12.1 Å². The number of hydrogen-bond acceptors (Lipinski definition) is 6. The summed E-state index contributed by atoms with van der Waals surface area (Å²) in [5.41, 5.74) is 8.50. The lowest BCUT2D eigenvalue weighted by Gasteiger charge is -2.20. The molecule has 2 unspecified atom stereocenters. The molecule has 10 aromatic rings. The Bertz CT molecular complexity index is 2980. The monoisotopic (exact) mass is 904 g/mol. The molecule has 324 valence electrons. The van der Waals surface area contributed by atoms with Crippen molar-refractivity contribution in [3.05, 3.63) is 240 Å². The molecule has 2 amide bonds. The number of benzene rings is 6. The summed E-state index contributed by atoms with van der Waals surface area (Å²) >= 11 is 11.9. The van der Waals surface area contributed by atoms with Crippen molar-refractivity contribution in [3.63, 3.8) is 0 Å². The fourth-order valence-corrected chi connectivity index (χ4v) is 8.06. The molecule has 0 aliphatic carbocycles. The van der Waals surface area contributed by atoms with Crippen molar-refractivity contribution in [2.75, 3.05) is 13.1 Å². The lowest BCUT2D eigenvalue weighted by Crippen LogP contribution is -2.31. The molecule has 0 aliphatic heterocycles.